The second-order valence-electron chi connectivity index (χ2n) is 4.37. The molecule has 1 N–H and O–H groups in total. The lowest BCUT2D eigenvalue weighted by atomic mass is 9.91. The van der Waals surface area contributed by atoms with E-state index < -0.39 is 5.54 Å². The van der Waals surface area contributed by atoms with E-state index in [0.717, 1.165) is 6.42 Å². The number of hydrogen-bond acceptors (Lipinski definition) is 3. The molecule has 1 aromatic carbocycles. The number of ether oxygens (including phenoxy) is 1. The fraction of sp³-hybridized carbons (Fsp3) is 0.500. The Balaban J connectivity index is 3.22. The van der Waals surface area contributed by atoms with Crippen LogP contribution in [0.2, 0.25) is 10.0 Å². The van der Waals surface area contributed by atoms with E-state index in [9.17, 15) is 4.79 Å². The number of esters is 1. The van der Waals surface area contributed by atoms with Crippen molar-refractivity contribution in [3.05, 3.63) is 33.8 Å². The first-order valence-corrected chi connectivity index (χ1v) is 7.09. The molecule has 0 aromatic heterocycles. The van der Waals surface area contributed by atoms with Gasteiger partial charge in [0, 0.05) is 5.56 Å². The topological polar surface area (TPSA) is 38.3 Å². The highest BCUT2D eigenvalue weighted by Gasteiger charge is 2.38. The summed E-state index contributed by atoms with van der Waals surface area (Å²) in [4.78, 5) is 12.2. The maximum atomic E-state index is 12.2. The summed E-state index contributed by atoms with van der Waals surface area (Å²) in [6.45, 7) is 6.56. The van der Waals surface area contributed by atoms with Gasteiger partial charge in [0.1, 0.15) is 5.54 Å². The Hall–Kier alpha value is -0.770. The van der Waals surface area contributed by atoms with Crippen molar-refractivity contribution in [3.8, 4) is 0 Å². The van der Waals surface area contributed by atoms with Gasteiger partial charge in [0.15, 0.2) is 0 Å². The number of carbonyl (C=O) groups excluding carboxylic acids is 1. The molecule has 1 aromatic rings. The summed E-state index contributed by atoms with van der Waals surface area (Å²) < 4.78 is 5.15. The highest BCUT2D eigenvalue weighted by atomic mass is 35.5. The summed E-state index contributed by atoms with van der Waals surface area (Å²) in [5, 5.41) is 4.00. The van der Waals surface area contributed by atoms with Crippen LogP contribution in [-0.2, 0) is 15.1 Å². The number of halogens is 2. The molecule has 1 atom stereocenters. The molecule has 0 bridgehead atoms. The zero-order chi connectivity index (χ0) is 14.5. The molecule has 1 unspecified atom stereocenters. The molecule has 106 valence electrons. The maximum absolute atomic E-state index is 12.2. The van der Waals surface area contributed by atoms with E-state index in [1.54, 1.807) is 32.0 Å². The van der Waals surface area contributed by atoms with Crippen molar-refractivity contribution in [2.24, 2.45) is 0 Å². The third kappa shape index (κ3) is 3.62. The monoisotopic (exact) mass is 303 g/mol. The first kappa shape index (κ1) is 16.3. The lowest BCUT2D eigenvalue weighted by molar-refractivity contribution is -0.151. The molecule has 3 nitrogen and oxygen atoms in total. The van der Waals surface area contributed by atoms with Gasteiger partial charge in [-0.2, -0.15) is 0 Å². The fourth-order valence-electron chi connectivity index (χ4n) is 1.82. The quantitative estimate of drug-likeness (QED) is 0.813. The average Bonchev–Trinajstić information content (AvgIpc) is 2.39. The van der Waals surface area contributed by atoms with Gasteiger partial charge in [-0.3, -0.25) is 5.32 Å². The Bertz CT molecular complexity index is 451. The lowest BCUT2D eigenvalue weighted by Crippen LogP contribution is -2.48. The van der Waals surface area contributed by atoms with Gasteiger partial charge >= 0.3 is 5.97 Å². The largest absolute Gasteiger partial charge is 0.464 e. The van der Waals surface area contributed by atoms with E-state index in [4.69, 9.17) is 27.9 Å². The predicted molar refractivity (Wildman–Crippen MR) is 78.7 cm³/mol. The van der Waals surface area contributed by atoms with E-state index in [1.165, 1.54) is 0 Å². The Labute approximate surface area is 124 Å². The van der Waals surface area contributed by atoms with E-state index in [2.05, 4.69) is 5.32 Å². The van der Waals surface area contributed by atoms with Gasteiger partial charge in [-0.25, -0.2) is 4.79 Å². The molecule has 0 radical (unpaired) electrons. The summed E-state index contributed by atoms with van der Waals surface area (Å²) in [7, 11) is 0. The second kappa shape index (κ2) is 7.13. The van der Waals surface area contributed by atoms with Crippen molar-refractivity contribution in [1.29, 1.82) is 0 Å². The molecular formula is C14H19Cl2NO2. The minimum absolute atomic E-state index is 0.320. The average molecular weight is 304 g/mol. The first-order valence-electron chi connectivity index (χ1n) is 6.34. The molecule has 0 spiro atoms. The molecule has 0 aliphatic carbocycles. The molecule has 5 heteroatoms. The van der Waals surface area contributed by atoms with Crippen LogP contribution in [0.3, 0.4) is 0 Å². The van der Waals surface area contributed by atoms with Crippen molar-refractivity contribution < 1.29 is 9.53 Å². The number of rotatable bonds is 6. The van der Waals surface area contributed by atoms with Crippen molar-refractivity contribution in [2.45, 2.75) is 32.7 Å². The molecule has 0 aliphatic heterocycles. The molecule has 0 aliphatic rings. The molecule has 0 saturated carbocycles. The molecule has 0 fully saturated rings. The van der Waals surface area contributed by atoms with Gasteiger partial charge < -0.3 is 4.74 Å². The normalized spacial score (nSPS) is 13.9. The van der Waals surface area contributed by atoms with Crippen LogP contribution >= 0.6 is 23.2 Å². The van der Waals surface area contributed by atoms with Gasteiger partial charge in [0.2, 0.25) is 0 Å². The molecule has 0 amide bonds. The first-order chi connectivity index (χ1) is 8.97. The van der Waals surface area contributed by atoms with Crippen molar-refractivity contribution in [3.63, 3.8) is 0 Å². The SMILES string of the molecule is CCCNC(C)(C(=O)OCC)c1cccc(Cl)c1Cl. The van der Waals surface area contributed by atoms with Gasteiger partial charge in [-0.05, 0) is 32.9 Å². The van der Waals surface area contributed by atoms with E-state index >= 15 is 0 Å². The second-order valence-corrected chi connectivity index (χ2v) is 5.16. The zero-order valence-electron chi connectivity index (χ0n) is 11.4. The fourth-order valence-corrected chi connectivity index (χ4v) is 2.31. The maximum Gasteiger partial charge on any atom is 0.330 e. The third-order valence-corrected chi connectivity index (χ3v) is 3.72. The zero-order valence-corrected chi connectivity index (χ0v) is 12.9. The minimum Gasteiger partial charge on any atom is -0.464 e. The summed E-state index contributed by atoms with van der Waals surface area (Å²) in [5.41, 5.74) is -0.359. The molecule has 1 rings (SSSR count). The molecule has 0 heterocycles. The number of benzene rings is 1. The van der Waals surface area contributed by atoms with Crippen molar-refractivity contribution >= 4 is 29.2 Å². The minimum atomic E-state index is -0.992. The van der Waals surface area contributed by atoms with Crippen molar-refractivity contribution in [1.82, 2.24) is 5.32 Å². The number of carbonyl (C=O) groups is 1. The van der Waals surface area contributed by atoms with Crippen LogP contribution in [0.1, 0.15) is 32.8 Å². The summed E-state index contributed by atoms with van der Waals surface area (Å²) in [5.74, 6) is -0.354. The molecule has 19 heavy (non-hydrogen) atoms. The predicted octanol–water partition coefficient (Wildman–Crippen LogP) is 3.77. The summed E-state index contributed by atoms with van der Waals surface area (Å²) >= 11 is 12.2. The van der Waals surface area contributed by atoms with Gasteiger partial charge in [-0.1, -0.05) is 42.3 Å². The number of nitrogens with one attached hydrogen (secondary N) is 1. The van der Waals surface area contributed by atoms with E-state index in [1.807, 2.05) is 6.92 Å². The summed E-state index contributed by atoms with van der Waals surface area (Å²) in [6.07, 6.45) is 0.896. The third-order valence-electron chi connectivity index (χ3n) is 2.90. The van der Waals surface area contributed by atoms with Gasteiger partial charge in [0.05, 0.1) is 16.7 Å². The lowest BCUT2D eigenvalue weighted by Gasteiger charge is -2.30. The van der Waals surface area contributed by atoms with Crippen LogP contribution in [0.25, 0.3) is 0 Å². The Kier molecular flexibility index (Phi) is 6.11. The highest BCUT2D eigenvalue weighted by Crippen LogP contribution is 2.34. The van der Waals surface area contributed by atoms with E-state index in [0.29, 0.717) is 28.8 Å². The van der Waals surface area contributed by atoms with Crippen LogP contribution in [0.5, 0.6) is 0 Å². The van der Waals surface area contributed by atoms with Gasteiger partial charge in [0.25, 0.3) is 0 Å². The Morgan fingerprint density at radius 3 is 2.63 bits per heavy atom. The van der Waals surface area contributed by atoms with Crippen LogP contribution in [0.4, 0.5) is 0 Å². The molecular weight excluding hydrogens is 285 g/mol. The van der Waals surface area contributed by atoms with E-state index in [-0.39, 0.29) is 5.97 Å². The van der Waals surface area contributed by atoms with Crippen LogP contribution in [0, 0.1) is 0 Å². The summed E-state index contributed by atoms with van der Waals surface area (Å²) in [6, 6.07) is 5.25. The standard InChI is InChI=1S/C14H19Cl2NO2/c1-4-9-17-14(3,13(18)19-5-2)10-7-6-8-11(15)12(10)16/h6-8,17H,4-5,9H2,1-3H3. The Morgan fingerprint density at radius 1 is 1.37 bits per heavy atom. The smallest absolute Gasteiger partial charge is 0.330 e. The highest BCUT2D eigenvalue weighted by molar-refractivity contribution is 6.42. The van der Waals surface area contributed by atoms with Crippen LogP contribution in [-0.4, -0.2) is 19.1 Å². The van der Waals surface area contributed by atoms with Gasteiger partial charge in [-0.15, -0.1) is 0 Å². The molecule has 0 saturated heterocycles. The van der Waals surface area contributed by atoms with Crippen LogP contribution in [0.15, 0.2) is 18.2 Å². The number of hydrogen-bond donors (Lipinski definition) is 1. The Morgan fingerprint density at radius 2 is 2.05 bits per heavy atom. The van der Waals surface area contributed by atoms with Crippen molar-refractivity contribution in [2.75, 3.05) is 13.2 Å². The van der Waals surface area contributed by atoms with Crippen LogP contribution < -0.4 is 5.32 Å².